The highest BCUT2D eigenvalue weighted by atomic mass is 79.9. The summed E-state index contributed by atoms with van der Waals surface area (Å²) in [6.45, 7) is 1.99. The summed E-state index contributed by atoms with van der Waals surface area (Å²) >= 11 is 3.42. The Hall–Kier alpha value is -1.36. The van der Waals surface area contributed by atoms with Gasteiger partial charge in [-0.1, -0.05) is 28.1 Å². The van der Waals surface area contributed by atoms with E-state index in [1.165, 1.54) is 0 Å². The van der Waals surface area contributed by atoms with E-state index in [4.69, 9.17) is 5.73 Å². The Labute approximate surface area is 95.7 Å². The number of halogens is 1. The predicted molar refractivity (Wildman–Crippen MR) is 61.4 cm³/mol. The van der Waals surface area contributed by atoms with Gasteiger partial charge < -0.3 is 5.73 Å². The van der Waals surface area contributed by atoms with Crippen LogP contribution in [0.5, 0.6) is 0 Å². The molecular weight excluding hydrogens is 258 g/mol. The predicted octanol–water partition coefficient (Wildman–Crippen LogP) is 1.24. The lowest BCUT2D eigenvalue weighted by Crippen LogP contribution is -2.31. The van der Waals surface area contributed by atoms with Crippen LogP contribution < -0.4 is 11.1 Å². The number of rotatable bonds is 1. The van der Waals surface area contributed by atoms with E-state index in [1.807, 2.05) is 25.1 Å². The number of nitrogens with one attached hydrogen (secondary N) is 1. The monoisotopic (exact) mass is 267 g/mol. The summed E-state index contributed by atoms with van der Waals surface area (Å²) in [6, 6.07) is 5.20. The van der Waals surface area contributed by atoms with Crippen molar-refractivity contribution in [2.24, 2.45) is 10.7 Å². The maximum atomic E-state index is 11.5. The van der Waals surface area contributed by atoms with E-state index >= 15 is 0 Å². The van der Waals surface area contributed by atoms with Crippen molar-refractivity contribution in [1.29, 1.82) is 0 Å². The molecular formula is C10H10BrN3O. The molecule has 1 aromatic carbocycles. The molecule has 78 valence electrons. The lowest BCUT2D eigenvalue weighted by Gasteiger charge is -2.06. The minimum absolute atomic E-state index is 0.178. The summed E-state index contributed by atoms with van der Waals surface area (Å²) in [5, 5.41) is 2.47. The maximum absolute atomic E-state index is 11.5. The highest BCUT2D eigenvalue weighted by Crippen LogP contribution is 2.25. The van der Waals surface area contributed by atoms with Gasteiger partial charge in [0.1, 0.15) is 0 Å². The van der Waals surface area contributed by atoms with E-state index < -0.39 is 6.04 Å². The van der Waals surface area contributed by atoms with Crippen molar-refractivity contribution in [3.05, 3.63) is 33.8 Å². The molecule has 5 heteroatoms. The van der Waals surface area contributed by atoms with E-state index in [0.717, 1.165) is 15.6 Å². The van der Waals surface area contributed by atoms with Gasteiger partial charge in [-0.2, -0.15) is 0 Å². The van der Waals surface area contributed by atoms with Crippen LogP contribution in [0, 0.1) is 6.92 Å². The fraction of sp³-hybridized carbons (Fsp3) is 0.200. The van der Waals surface area contributed by atoms with Crippen molar-refractivity contribution in [1.82, 2.24) is 5.32 Å². The molecule has 1 aliphatic heterocycles. The van der Waals surface area contributed by atoms with Gasteiger partial charge in [-0.05, 0) is 24.1 Å². The first-order valence-corrected chi connectivity index (χ1v) is 5.27. The van der Waals surface area contributed by atoms with Crippen LogP contribution in [-0.4, -0.2) is 11.9 Å². The molecule has 2 rings (SSSR count). The molecule has 0 bridgehead atoms. The molecule has 1 aliphatic rings. The van der Waals surface area contributed by atoms with Crippen molar-refractivity contribution in [3.8, 4) is 0 Å². The van der Waals surface area contributed by atoms with Crippen LogP contribution in [0.1, 0.15) is 17.2 Å². The van der Waals surface area contributed by atoms with Gasteiger partial charge in [-0.3, -0.25) is 10.1 Å². The first-order chi connectivity index (χ1) is 7.08. The van der Waals surface area contributed by atoms with E-state index in [0.29, 0.717) is 0 Å². The lowest BCUT2D eigenvalue weighted by atomic mass is 10.1. The highest BCUT2D eigenvalue weighted by Gasteiger charge is 2.26. The highest BCUT2D eigenvalue weighted by molar-refractivity contribution is 9.10. The van der Waals surface area contributed by atoms with E-state index in [1.54, 1.807) is 0 Å². The minimum Gasteiger partial charge on any atom is -0.370 e. The Morgan fingerprint density at radius 1 is 1.53 bits per heavy atom. The molecule has 1 aromatic rings. The summed E-state index contributed by atoms with van der Waals surface area (Å²) < 4.78 is 0.966. The Morgan fingerprint density at radius 2 is 2.27 bits per heavy atom. The molecule has 4 nitrogen and oxygen atoms in total. The van der Waals surface area contributed by atoms with Crippen LogP contribution in [0.15, 0.2) is 27.7 Å². The van der Waals surface area contributed by atoms with Crippen molar-refractivity contribution in [2.45, 2.75) is 13.0 Å². The maximum Gasteiger partial charge on any atom is 0.256 e. The summed E-state index contributed by atoms with van der Waals surface area (Å²) in [7, 11) is 0. The van der Waals surface area contributed by atoms with Crippen molar-refractivity contribution < 1.29 is 4.79 Å². The zero-order valence-corrected chi connectivity index (χ0v) is 9.71. The van der Waals surface area contributed by atoms with Gasteiger partial charge in [0.05, 0.1) is 0 Å². The minimum atomic E-state index is -0.512. The van der Waals surface area contributed by atoms with Gasteiger partial charge in [-0.15, -0.1) is 0 Å². The number of carbonyl (C=O) groups excluding carboxylic acids is 1. The second-order valence-electron chi connectivity index (χ2n) is 3.41. The van der Waals surface area contributed by atoms with E-state index in [2.05, 4.69) is 26.2 Å². The fourth-order valence-corrected chi connectivity index (χ4v) is 1.83. The molecule has 0 aliphatic carbocycles. The molecule has 0 fully saturated rings. The van der Waals surface area contributed by atoms with Crippen LogP contribution in [0.3, 0.4) is 0 Å². The normalized spacial score (nSPS) is 20.0. The van der Waals surface area contributed by atoms with Crippen LogP contribution in [0.25, 0.3) is 0 Å². The van der Waals surface area contributed by atoms with Crippen LogP contribution in [0.4, 0.5) is 0 Å². The summed E-state index contributed by atoms with van der Waals surface area (Å²) in [6.07, 6.45) is 0. The van der Waals surface area contributed by atoms with E-state index in [9.17, 15) is 4.79 Å². The third kappa shape index (κ3) is 1.87. The van der Waals surface area contributed by atoms with Gasteiger partial charge in [0, 0.05) is 4.47 Å². The van der Waals surface area contributed by atoms with Gasteiger partial charge in [0.2, 0.25) is 0 Å². The van der Waals surface area contributed by atoms with E-state index in [-0.39, 0.29) is 11.9 Å². The SMILES string of the molecule is Cc1ccc(C2N=C(N)NC2=O)cc1Br. The zero-order valence-electron chi connectivity index (χ0n) is 8.12. The number of hydrogen-bond donors (Lipinski definition) is 2. The third-order valence-corrected chi connectivity index (χ3v) is 3.13. The second kappa shape index (κ2) is 3.66. The first-order valence-electron chi connectivity index (χ1n) is 4.48. The second-order valence-corrected chi connectivity index (χ2v) is 4.27. The van der Waals surface area contributed by atoms with Gasteiger partial charge in [-0.25, -0.2) is 4.99 Å². The number of nitrogens with zero attached hydrogens (tertiary/aromatic N) is 1. The quantitative estimate of drug-likeness (QED) is 0.804. The number of aliphatic imine (C=N–C) groups is 1. The summed E-state index contributed by atoms with van der Waals surface area (Å²) in [5.41, 5.74) is 7.39. The average Bonchev–Trinajstić information content (AvgIpc) is 2.50. The molecule has 3 N–H and O–H groups in total. The summed E-state index contributed by atoms with van der Waals surface area (Å²) in [5.74, 6) is 0.00458. The smallest absolute Gasteiger partial charge is 0.256 e. The number of amides is 1. The van der Waals surface area contributed by atoms with Gasteiger partial charge >= 0.3 is 0 Å². The van der Waals surface area contributed by atoms with Gasteiger partial charge in [0.15, 0.2) is 12.0 Å². The average molecular weight is 268 g/mol. The molecule has 1 amide bonds. The largest absolute Gasteiger partial charge is 0.370 e. The van der Waals surface area contributed by atoms with Crippen LogP contribution in [-0.2, 0) is 4.79 Å². The fourth-order valence-electron chi connectivity index (χ4n) is 1.43. The molecule has 15 heavy (non-hydrogen) atoms. The number of carbonyl (C=O) groups is 1. The Bertz CT molecular complexity index is 456. The molecule has 0 radical (unpaired) electrons. The summed E-state index contributed by atoms with van der Waals surface area (Å²) in [4.78, 5) is 15.5. The molecule has 1 unspecified atom stereocenters. The molecule has 1 atom stereocenters. The molecule has 0 spiro atoms. The lowest BCUT2D eigenvalue weighted by molar-refractivity contribution is -0.120. The van der Waals surface area contributed by atoms with Crippen LogP contribution in [0.2, 0.25) is 0 Å². The van der Waals surface area contributed by atoms with Crippen molar-refractivity contribution in [3.63, 3.8) is 0 Å². The first kappa shape index (κ1) is 10.2. The van der Waals surface area contributed by atoms with Gasteiger partial charge in [0.25, 0.3) is 5.91 Å². The van der Waals surface area contributed by atoms with Crippen molar-refractivity contribution >= 4 is 27.8 Å². The standard InChI is InChI=1S/C10H10BrN3O/c1-5-2-3-6(4-7(5)11)8-9(15)14-10(12)13-8/h2-4,8H,1H3,(H3,12,13,14,15). The molecule has 0 saturated carbocycles. The Morgan fingerprint density at radius 3 is 2.80 bits per heavy atom. The number of nitrogens with two attached hydrogens (primary N) is 1. The Balaban J connectivity index is 2.38. The topological polar surface area (TPSA) is 67.5 Å². The number of guanidine groups is 1. The molecule has 1 heterocycles. The van der Waals surface area contributed by atoms with Crippen molar-refractivity contribution in [2.75, 3.05) is 0 Å². The number of aryl methyl sites for hydroxylation is 1. The molecule has 0 saturated heterocycles. The number of hydrogen-bond acceptors (Lipinski definition) is 3. The number of benzene rings is 1. The molecule has 0 aromatic heterocycles. The third-order valence-electron chi connectivity index (χ3n) is 2.28. The Kier molecular flexibility index (Phi) is 2.48. The zero-order chi connectivity index (χ0) is 11.0. The van der Waals surface area contributed by atoms with Crippen LogP contribution >= 0.6 is 15.9 Å².